The molecule has 0 amide bonds. The van der Waals surface area contributed by atoms with E-state index in [-0.39, 0.29) is 11.3 Å². The van der Waals surface area contributed by atoms with Crippen molar-refractivity contribution >= 4 is 11.7 Å². The molecule has 13 heavy (non-hydrogen) atoms. The Hall–Kier alpha value is -1.71. The molecule has 0 radical (unpaired) electrons. The molecule has 1 rings (SSSR count). The maximum absolute atomic E-state index is 11.3. The van der Waals surface area contributed by atoms with Crippen molar-refractivity contribution in [2.24, 2.45) is 0 Å². The second kappa shape index (κ2) is 3.80. The Bertz CT molecular complexity index is 403. The minimum Gasteiger partial charge on any atom is -0.496 e. The topological polar surface area (TPSA) is 61.5 Å². The zero-order chi connectivity index (χ0) is 12.3. The Labute approximate surface area is 80.5 Å². The van der Waals surface area contributed by atoms with Gasteiger partial charge in [-0.25, -0.2) is 4.79 Å². The van der Waals surface area contributed by atoms with Crippen molar-refractivity contribution in [3.63, 3.8) is 0 Å². The van der Waals surface area contributed by atoms with Gasteiger partial charge < -0.3 is 15.2 Å². The zero-order valence-electron chi connectivity index (χ0n) is 10.0. The molecule has 0 spiro atoms. The van der Waals surface area contributed by atoms with Crippen molar-refractivity contribution in [2.45, 2.75) is 0 Å². The largest absolute Gasteiger partial charge is 0.496 e. The van der Waals surface area contributed by atoms with E-state index in [0.717, 1.165) is 0 Å². The van der Waals surface area contributed by atoms with Crippen molar-refractivity contribution in [3.8, 4) is 5.75 Å². The summed E-state index contributed by atoms with van der Waals surface area (Å²) in [6, 6.07) is 4.05. The first kappa shape index (κ1) is 5.85. The van der Waals surface area contributed by atoms with E-state index in [0.29, 0.717) is 5.69 Å². The fraction of sp³-hybridized carbons (Fsp3) is 0.222. The molecule has 0 saturated heterocycles. The number of rotatable bonds is 2. The van der Waals surface area contributed by atoms with Crippen molar-refractivity contribution in [3.05, 3.63) is 23.8 Å². The average Bonchev–Trinajstić information content (AvgIpc) is 2.17. The summed E-state index contributed by atoms with van der Waals surface area (Å²) in [5, 5.41) is 0. The van der Waals surface area contributed by atoms with Gasteiger partial charge in [-0.3, -0.25) is 0 Å². The van der Waals surface area contributed by atoms with Crippen LogP contribution in [0.2, 0.25) is 0 Å². The van der Waals surface area contributed by atoms with Gasteiger partial charge in [0.1, 0.15) is 11.3 Å². The van der Waals surface area contributed by atoms with Crippen LogP contribution in [0.5, 0.6) is 5.75 Å². The van der Waals surface area contributed by atoms with Gasteiger partial charge in [-0.1, -0.05) is 0 Å². The second-order valence-electron chi connectivity index (χ2n) is 2.35. The number of carbonyl (C=O) groups excluding carboxylic acids is 1. The van der Waals surface area contributed by atoms with Gasteiger partial charge in [0.25, 0.3) is 0 Å². The van der Waals surface area contributed by atoms with E-state index in [4.69, 9.17) is 9.85 Å². The summed E-state index contributed by atoms with van der Waals surface area (Å²) in [6.45, 7) is 0. The molecule has 4 heteroatoms. The van der Waals surface area contributed by atoms with E-state index in [1.165, 1.54) is 25.3 Å². The highest BCUT2D eigenvalue weighted by molar-refractivity contribution is 5.93. The summed E-state index contributed by atoms with van der Waals surface area (Å²) >= 11 is 0. The van der Waals surface area contributed by atoms with Gasteiger partial charge in [0.15, 0.2) is 0 Å². The number of carbonyl (C=O) groups is 1. The molecule has 0 atom stereocenters. The highest BCUT2D eigenvalue weighted by Gasteiger charge is 2.12. The van der Waals surface area contributed by atoms with Crippen molar-refractivity contribution < 1.29 is 18.4 Å². The fourth-order valence-corrected chi connectivity index (χ4v) is 0.906. The molecule has 0 aliphatic heterocycles. The molecule has 0 aliphatic carbocycles. The number of benzene rings is 1. The van der Waals surface area contributed by atoms with Crippen LogP contribution in [0.3, 0.4) is 0 Å². The minimum atomic E-state index is -2.63. The molecule has 0 saturated carbocycles. The van der Waals surface area contributed by atoms with Gasteiger partial charge in [-0.05, 0) is 18.2 Å². The summed E-state index contributed by atoms with van der Waals surface area (Å²) in [5.41, 5.74) is 5.78. The van der Waals surface area contributed by atoms with Gasteiger partial charge in [0, 0.05) is 5.69 Å². The third-order valence-electron chi connectivity index (χ3n) is 1.52. The summed E-state index contributed by atoms with van der Waals surface area (Å²) in [7, 11) is -1.44. The molecule has 1 aromatic carbocycles. The molecule has 1 aromatic rings. The van der Waals surface area contributed by atoms with Gasteiger partial charge in [-0.15, -0.1) is 0 Å². The van der Waals surface area contributed by atoms with E-state index < -0.39 is 13.0 Å². The molecule has 0 aliphatic rings. The van der Waals surface area contributed by atoms with Gasteiger partial charge in [0.2, 0.25) is 0 Å². The van der Waals surface area contributed by atoms with Crippen molar-refractivity contribution in [1.82, 2.24) is 0 Å². The lowest BCUT2D eigenvalue weighted by Gasteiger charge is -2.06. The molecule has 0 fully saturated rings. The number of nitrogen functional groups attached to an aromatic ring is 1. The van der Waals surface area contributed by atoms with Crippen LogP contribution in [-0.4, -0.2) is 20.1 Å². The van der Waals surface area contributed by atoms with E-state index in [9.17, 15) is 4.79 Å². The van der Waals surface area contributed by atoms with Crippen LogP contribution in [0.15, 0.2) is 18.2 Å². The Kier molecular flexibility index (Phi) is 1.71. The van der Waals surface area contributed by atoms with E-state index >= 15 is 0 Å². The number of nitrogens with two attached hydrogens (primary N) is 1. The molecule has 0 heterocycles. The predicted octanol–water partition coefficient (Wildman–Crippen LogP) is 1.06. The highest BCUT2D eigenvalue weighted by Crippen LogP contribution is 2.21. The fourth-order valence-electron chi connectivity index (χ4n) is 0.906. The third kappa shape index (κ3) is 1.90. The summed E-state index contributed by atoms with van der Waals surface area (Å²) in [6.07, 6.45) is 0. The Balaban J connectivity index is 3.13. The van der Waals surface area contributed by atoms with Gasteiger partial charge in [-0.2, -0.15) is 0 Å². The third-order valence-corrected chi connectivity index (χ3v) is 1.52. The lowest BCUT2D eigenvalue weighted by Crippen LogP contribution is -2.04. The first-order chi connectivity index (χ1) is 7.33. The van der Waals surface area contributed by atoms with Crippen LogP contribution in [0.25, 0.3) is 0 Å². The first-order valence-electron chi connectivity index (χ1n) is 5.00. The van der Waals surface area contributed by atoms with Crippen molar-refractivity contribution in [2.75, 3.05) is 19.9 Å². The van der Waals surface area contributed by atoms with Crippen molar-refractivity contribution in [1.29, 1.82) is 0 Å². The van der Waals surface area contributed by atoms with E-state index in [2.05, 4.69) is 9.47 Å². The number of esters is 1. The Morgan fingerprint density at radius 2 is 2.38 bits per heavy atom. The standard InChI is InChI=1S/C9H11NO3/c1-12-8-4-3-6(10)5-7(8)9(11)13-2/h3-5H,10H2,1-2H3/i1D3. The number of hydrogen-bond acceptors (Lipinski definition) is 4. The summed E-state index contributed by atoms with van der Waals surface area (Å²) in [5.74, 6) is -0.785. The maximum atomic E-state index is 11.3. The highest BCUT2D eigenvalue weighted by atomic mass is 16.5. The molecule has 0 unspecified atom stereocenters. The summed E-state index contributed by atoms with van der Waals surface area (Å²) in [4.78, 5) is 11.3. The molecular formula is C9H11NO3. The minimum absolute atomic E-state index is 0.0152. The van der Waals surface area contributed by atoms with E-state index in [1.54, 1.807) is 0 Å². The number of ether oxygens (including phenoxy) is 2. The second-order valence-corrected chi connectivity index (χ2v) is 2.35. The van der Waals surface area contributed by atoms with Crippen LogP contribution >= 0.6 is 0 Å². The maximum Gasteiger partial charge on any atom is 0.341 e. The van der Waals surface area contributed by atoms with Gasteiger partial charge >= 0.3 is 5.97 Å². The molecule has 4 nitrogen and oxygen atoms in total. The van der Waals surface area contributed by atoms with Crippen LogP contribution in [0.4, 0.5) is 5.69 Å². The number of hydrogen-bond donors (Lipinski definition) is 1. The van der Waals surface area contributed by atoms with Crippen LogP contribution in [0.1, 0.15) is 14.5 Å². The Morgan fingerprint density at radius 1 is 1.62 bits per heavy atom. The van der Waals surface area contributed by atoms with Crippen LogP contribution in [-0.2, 0) is 4.74 Å². The smallest absolute Gasteiger partial charge is 0.341 e. The van der Waals surface area contributed by atoms with Crippen LogP contribution in [0, 0.1) is 0 Å². The SMILES string of the molecule is [2H]C([2H])([2H])Oc1ccc(N)cc1C(=O)OC. The first-order valence-corrected chi connectivity index (χ1v) is 3.50. The quantitative estimate of drug-likeness (QED) is 0.551. The number of anilines is 1. The summed E-state index contributed by atoms with van der Waals surface area (Å²) < 4.78 is 30.0. The monoisotopic (exact) mass is 184 g/mol. The molecule has 70 valence electrons. The lowest BCUT2D eigenvalue weighted by atomic mass is 10.2. The van der Waals surface area contributed by atoms with Crippen LogP contribution < -0.4 is 10.5 Å². The van der Waals surface area contributed by atoms with E-state index in [1.807, 2.05) is 0 Å². The zero-order valence-corrected chi connectivity index (χ0v) is 7.03. The average molecular weight is 184 g/mol. The van der Waals surface area contributed by atoms with Gasteiger partial charge in [0.05, 0.1) is 18.3 Å². The molecule has 2 N–H and O–H groups in total. The number of methoxy groups -OCH3 is 2. The lowest BCUT2D eigenvalue weighted by molar-refractivity contribution is 0.0597. The Morgan fingerprint density at radius 3 is 3.00 bits per heavy atom. The molecule has 0 bridgehead atoms. The predicted molar refractivity (Wildman–Crippen MR) is 48.7 cm³/mol. The molecule has 0 aromatic heterocycles. The molecular weight excluding hydrogens is 170 g/mol. The normalized spacial score (nSPS) is 13.8.